The van der Waals surface area contributed by atoms with Crippen LogP contribution in [0.1, 0.15) is 29.5 Å². The van der Waals surface area contributed by atoms with Crippen LogP contribution in [0.3, 0.4) is 0 Å². The van der Waals surface area contributed by atoms with Crippen molar-refractivity contribution >= 4 is 5.91 Å². The van der Waals surface area contributed by atoms with Crippen molar-refractivity contribution < 1.29 is 4.79 Å². The smallest absolute Gasteiger partial charge is 0.272 e. The van der Waals surface area contributed by atoms with Crippen molar-refractivity contribution in [1.29, 1.82) is 0 Å². The van der Waals surface area contributed by atoms with Crippen molar-refractivity contribution in [2.24, 2.45) is 5.92 Å². The van der Waals surface area contributed by atoms with E-state index in [0.717, 1.165) is 30.9 Å². The van der Waals surface area contributed by atoms with Crippen LogP contribution in [0.25, 0.3) is 5.69 Å². The molecule has 22 heavy (non-hydrogen) atoms. The molecule has 0 bridgehead atoms. The lowest BCUT2D eigenvalue weighted by Gasteiger charge is -2.29. The predicted molar refractivity (Wildman–Crippen MR) is 86.2 cm³/mol. The monoisotopic (exact) mass is 298 g/mol. The van der Waals surface area contributed by atoms with Gasteiger partial charge in [0.15, 0.2) is 5.69 Å². The number of carbonyl (C=O) groups excluding carboxylic acids is 1. The van der Waals surface area contributed by atoms with Gasteiger partial charge in [-0.3, -0.25) is 4.79 Å². The number of carbonyl (C=O) groups is 1. The fraction of sp³-hybridized carbons (Fsp3) is 0.412. The molecule has 2 aromatic rings. The van der Waals surface area contributed by atoms with Crippen LogP contribution in [0, 0.1) is 12.8 Å². The fourth-order valence-electron chi connectivity index (χ4n) is 2.89. The minimum atomic E-state index is -0.0865. The third-order valence-corrected chi connectivity index (χ3v) is 4.22. The van der Waals surface area contributed by atoms with Crippen molar-refractivity contribution in [2.75, 3.05) is 13.1 Å². The molecular formula is C17H22N4O. The summed E-state index contributed by atoms with van der Waals surface area (Å²) in [6.07, 6.45) is 0.964. The SMILES string of the molecule is Cc1cc(C(=O)NC2CCNCC2C)nn1-c1ccccc1. The number of nitrogens with one attached hydrogen (secondary N) is 2. The molecule has 1 aromatic carbocycles. The van der Waals surface area contributed by atoms with E-state index in [2.05, 4.69) is 22.7 Å². The number of amides is 1. The molecule has 0 radical (unpaired) electrons. The number of aromatic nitrogens is 2. The zero-order chi connectivity index (χ0) is 15.5. The molecule has 5 nitrogen and oxygen atoms in total. The molecule has 1 aliphatic rings. The van der Waals surface area contributed by atoms with Crippen molar-refractivity contribution in [2.45, 2.75) is 26.3 Å². The molecule has 1 amide bonds. The van der Waals surface area contributed by atoms with Gasteiger partial charge in [0.25, 0.3) is 5.91 Å². The van der Waals surface area contributed by atoms with Crippen LogP contribution in [-0.4, -0.2) is 34.8 Å². The highest BCUT2D eigenvalue weighted by Crippen LogP contribution is 2.14. The molecule has 1 saturated heterocycles. The summed E-state index contributed by atoms with van der Waals surface area (Å²) >= 11 is 0. The van der Waals surface area contributed by atoms with Crippen LogP contribution < -0.4 is 10.6 Å². The van der Waals surface area contributed by atoms with E-state index in [1.807, 2.05) is 43.3 Å². The first-order valence-corrected chi connectivity index (χ1v) is 7.79. The Kier molecular flexibility index (Phi) is 4.24. The molecule has 116 valence electrons. The average molecular weight is 298 g/mol. The zero-order valence-corrected chi connectivity index (χ0v) is 13.0. The van der Waals surface area contributed by atoms with Crippen molar-refractivity contribution in [3.05, 3.63) is 47.8 Å². The van der Waals surface area contributed by atoms with Crippen LogP contribution in [0.15, 0.2) is 36.4 Å². The van der Waals surface area contributed by atoms with E-state index in [0.29, 0.717) is 11.6 Å². The minimum absolute atomic E-state index is 0.0865. The van der Waals surface area contributed by atoms with Gasteiger partial charge in [0.05, 0.1) is 5.69 Å². The molecular weight excluding hydrogens is 276 g/mol. The summed E-state index contributed by atoms with van der Waals surface area (Å²) in [4.78, 5) is 12.4. The molecule has 2 atom stereocenters. The number of hydrogen-bond acceptors (Lipinski definition) is 3. The van der Waals surface area contributed by atoms with Crippen LogP contribution in [0.4, 0.5) is 0 Å². The highest BCUT2D eigenvalue weighted by atomic mass is 16.2. The number of benzene rings is 1. The van der Waals surface area contributed by atoms with Gasteiger partial charge in [-0.05, 0) is 50.6 Å². The largest absolute Gasteiger partial charge is 0.348 e. The fourth-order valence-corrected chi connectivity index (χ4v) is 2.89. The molecule has 3 rings (SSSR count). The van der Waals surface area contributed by atoms with Crippen molar-refractivity contribution in [3.63, 3.8) is 0 Å². The number of hydrogen-bond donors (Lipinski definition) is 2. The maximum absolute atomic E-state index is 12.4. The number of rotatable bonds is 3. The summed E-state index contributed by atoms with van der Waals surface area (Å²) in [6.45, 7) is 6.02. The summed E-state index contributed by atoms with van der Waals surface area (Å²) < 4.78 is 1.81. The summed E-state index contributed by atoms with van der Waals surface area (Å²) in [5, 5.41) is 10.9. The second-order valence-electron chi connectivity index (χ2n) is 5.97. The van der Waals surface area contributed by atoms with E-state index >= 15 is 0 Å². The zero-order valence-electron chi connectivity index (χ0n) is 13.0. The molecule has 5 heteroatoms. The Labute approximate surface area is 130 Å². The lowest BCUT2D eigenvalue weighted by Crippen LogP contribution is -2.48. The van der Waals surface area contributed by atoms with Crippen molar-refractivity contribution in [1.82, 2.24) is 20.4 Å². The molecule has 2 N–H and O–H groups in total. The first-order chi connectivity index (χ1) is 10.6. The molecule has 2 heterocycles. The van der Waals surface area contributed by atoms with Gasteiger partial charge in [-0.2, -0.15) is 5.10 Å². The quantitative estimate of drug-likeness (QED) is 0.910. The standard InChI is InChI=1S/C17H22N4O/c1-12-11-18-9-8-15(12)19-17(22)16-10-13(2)21(20-16)14-6-4-3-5-7-14/h3-7,10,12,15,18H,8-9,11H2,1-2H3,(H,19,22). The Balaban J connectivity index is 1.76. The van der Waals surface area contributed by atoms with E-state index in [1.54, 1.807) is 4.68 Å². The van der Waals surface area contributed by atoms with Gasteiger partial charge in [-0.1, -0.05) is 25.1 Å². The van der Waals surface area contributed by atoms with Gasteiger partial charge in [-0.25, -0.2) is 4.68 Å². The Hall–Kier alpha value is -2.14. The highest BCUT2D eigenvalue weighted by Gasteiger charge is 2.24. The maximum Gasteiger partial charge on any atom is 0.272 e. The minimum Gasteiger partial charge on any atom is -0.348 e. The van der Waals surface area contributed by atoms with E-state index in [4.69, 9.17) is 0 Å². The van der Waals surface area contributed by atoms with E-state index in [9.17, 15) is 4.79 Å². The molecule has 1 aromatic heterocycles. The Morgan fingerprint density at radius 3 is 2.86 bits per heavy atom. The Morgan fingerprint density at radius 2 is 2.14 bits per heavy atom. The molecule has 0 aliphatic carbocycles. The summed E-state index contributed by atoms with van der Waals surface area (Å²) in [7, 11) is 0. The molecule has 1 aliphatic heterocycles. The average Bonchev–Trinajstić information content (AvgIpc) is 2.92. The van der Waals surface area contributed by atoms with Crippen LogP contribution in [0.5, 0.6) is 0 Å². The molecule has 0 saturated carbocycles. The Bertz CT molecular complexity index is 650. The number of para-hydroxylation sites is 1. The third-order valence-electron chi connectivity index (χ3n) is 4.22. The second kappa shape index (κ2) is 6.32. The van der Waals surface area contributed by atoms with Gasteiger partial charge in [0, 0.05) is 11.7 Å². The lowest BCUT2D eigenvalue weighted by molar-refractivity contribution is 0.0908. The van der Waals surface area contributed by atoms with E-state index < -0.39 is 0 Å². The first-order valence-electron chi connectivity index (χ1n) is 7.79. The van der Waals surface area contributed by atoms with Gasteiger partial charge in [-0.15, -0.1) is 0 Å². The van der Waals surface area contributed by atoms with Gasteiger partial charge >= 0.3 is 0 Å². The van der Waals surface area contributed by atoms with E-state index in [1.165, 1.54) is 0 Å². The molecule has 2 unspecified atom stereocenters. The normalized spacial score (nSPS) is 21.5. The number of piperidine rings is 1. The predicted octanol–water partition coefficient (Wildman–Crippen LogP) is 1.91. The lowest BCUT2D eigenvalue weighted by atomic mass is 9.95. The van der Waals surface area contributed by atoms with Gasteiger partial charge in [0.1, 0.15) is 0 Å². The maximum atomic E-state index is 12.4. The van der Waals surface area contributed by atoms with E-state index in [-0.39, 0.29) is 11.9 Å². The third kappa shape index (κ3) is 3.04. The Morgan fingerprint density at radius 1 is 1.36 bits per heavy atom. The summed E-state index contributed by atoms with van der Waals surface area (Å²) in [5.41, 5.74) is 2.40. The van der Waals surface area contributed by atoms with Gasteiger partial charge < -0.3 is 10.6 Å². The molecule has 1 fully saturated rings. The molecule has 0 spiro atoms. The highest BCUT2D eigenvalue weighted by molar-refractivity contribution is 5.92. The first kappa shape index (κ1) is 14.8. The number of nitrogens with zero attached hydrogens (tertiary/aromatic N) is 2. The van der Waals surface area contributed by atoms with Crippen LogP contribution in [0.2, 0.25) is 0 Å². The number of aryl methyl sites for hydroxylation is 1. The van der Waals surface area contributed by atoms with Crippen molar-refractivity contribution in [3.8, 4) is 5.69 Å². The summed E-state index contributed by atoms with van der Waals surface area (Å²) in [5.74, 6) is 0.353. The second-order valence-corrected chi connectivity index (χ2v) is 5.97. The summed E-state index contributed by atoms with van der Waals surface area (Å²) in [6, 6.07) is 11.9. The van der Waals surface area contributed by atoms with Crippen LogP contribution >= 0.6 is 0 Å². The van der Waals surface area contributed by atoms with Gasteiger partial charge in [0.2, 0.25) is 0 Å². The topological polar surface area (TPSA) is 59.0 Å². The van der Waals surface area contributed by atoms with Crippen LogP contribution in [-0.2, 0) is 0 Å².